The molecule has 7 heteroatoms. The van der Waals surface area contributed by atoms with Crippen LogP contribution in [0.4, 0.5) is 5.82 Å². The zero-order valence-electron chi connectivity index (χ0n) is 21.2. The van der Waals surface area contributed by atoms with Crippen molar-refractivity contribution in [1.82, 2.24) is 19.7 Å². The number of aromatic nitrogens is 3. The summed E-state index contributed by atoms with van der Waals surface area (Å²) in [6.45, 7) is 5.19. The maximum absolute atomic E-state index is 13.8. The maximum Gasteiger partial charge on any atom is 0.257 e. The monoisotopic (exact) mass is 493 g/mol. The number of carbonyl (C=O) groups is 2. The predicted octanol–water partition coefficient (Wildman–Crippen LogP) is 5.30. The van der Waals surface area contributed by atoms with Crippen molar-refractivity contribution in [3.63, 3.8) is 0 Å². The van der Waals surface area contributed by atoms with E-state index in [-0.39, 0.29) is 17.7 Å². The average molecular weight is 494 g/mol. The van der Waals surface area contributed by atoms with Gasteiger partial charge in [-0.15, -0.1) is 0 Å². The van der Waals surface area contributed by atoms with Gasteiger partial charge in [-0.3, -0.25) is 9.59 Å². The highest BCUT2D eigenvalue weighted by atomic mass is 16.2. The molecule has 1 aliphatic heterocycles. The smallest absolute Gasteiger partial charge is 0.257 e. The second kappa shape index (κ2) is 10.8. The van der Waals surface area contributed by atoms with E-state index >= 15 is 0 Å². The standard InChI is InChI=1S/C30H31N5O2/c1-3-22-11-13-23(14-12-22)28-25(20-35(33-28)26-9-5-4-8-21(26)2)30(37)34-18-15-24(16-19-34)29(36)32-27-10-6-7-17-31-27/h4-14,17,20,24H,3,15-16,18-19H2,1-2H3,(H,31,32,36). The van der Waals surface area contributed by atoms with E-state index in [1.165, 1.54) is 5.56 Å². The van der Waals surface area contributed by atoms with Crippen molar-refractivity contribution in [3.8, 4) is 16.9 Å². The van der Waals surface area contributed by atoms with Crippen LogP contribution in [0.25, 0.3) is 16.9 Å². The number of nitrogens with zero attached hydrogens (tertiary/aromatic N) is 4. The lowest BCUT2D eigenvalue weighted by Gasteiger charge is -2.31. The van der Waals surface area contributed by atoms with E-state index in [2.05, 4.69) is 29.4 Å². The summed E-state index contributed by atoms with van der Waals surface area (Å²) in [7, 11) is 0. The van der Waals surface area contributed by atoms with Crippen molar-refractivity contribution in [3.05, 3.63) is 95.8 Å². The molecule has 2 aromatic heterocycles. The van der Waals surface area contributed by atoms with Gasteiger partial charge in [0.15, 0.2) is 0 Å². The molecule has 0 spiro atoms. The molecule has 1 aliphatic rings. The Kier molecular flexibility index (Phi) is 7.12. The van der Waals surface area contributed by atoms with Crippen LogP contribution >= 0.6 is 0 Å². The molecule has 0 saturated carbocycles. The number of likely N-dealkylation sites (tertiary alicyclic amines) is 1. The second-order valence-corrected chi connectivity index (χ2v) is 9.44. The van der Waals surface area contributed by atoms with Gasteiger partial charge in [0.2, 0.25) is 5.91 Å². The summed E-state index contributed by atoms with van der Waals surface area (Å²) >= 11 is 0. The van der Waals surface area contributed by atoms with Gasteiger partial charge < -0.3 is 10.2 Å². The highest BCUT2D eigenvalue weighted by Gasteiger charge is 2.30. The van der Waals surface area contributed by atoms with E-state index in [9.17, 15) is 9.59 Å². The van der Waals surface area contributed by atoms with Crippen LogP contribution < -0.4 is 5.32 Å². The number of hydrogen-bond acceptors (Lipinski definition) is 4. The van der Waals surface area contributed by atoms with E-state index in [1.807, 2.05) is 66.6 Å². The van der Waals surface area contributed by atoms with Crippen molar-refractivity contribution in [2.24, 2.45) is 5.92 Å². The quantitative estimate of drug-likeness (QED) is 0.396. The Hall–Kier alpha value is -4.26. The molecule has 5 rings (SSSR count). The number of anilines is 1. The molecular weight excluding hydrogens is 462 g/mol. The Labute approximate surface area is 217 Å². The molecule has 4 aromatic rings. The van der Waals surface area contributed by atoms with Crippen LogP contribution in [0.5, 0.6) is 0 Å². The predicted molar refractivity (Wildman–Crippen MR) is 145 cm³/mol. The molecule has 188 valence electrons. The minimum atomic E-state index is -0.151. The fourth-order valence-electron chi connectivity index (χ4n) is 4.77. The normalized spacial score (nSPS) is 13.9. The first-order valence-electron chi connectivity index (χ1n) is 12.8. The minimum absolute atomic E-state index is 0.0464. The molecule has 1 saturated heterocycles. The first-order chi connectivity index (χ1) is 18.0. The van der Waals surface area contributed by atoms with E-state index in [4.69, 9.17) is 5.10 Å². The highest BCUT2D eigenvalue weighted by molar-refractivity contribution is 6.00. The summed E-state index contributed by atoms with van der Waals surface area (Å²) in [5, 5.41) is 7.76. The van der Waals surface area contributed by atoms with Gasteiger partial charge in [-0.1, -0.05) is 55.5 Å². The first-order valence-corrected chi connectivity index (χ1v) is 12.8. The number of nitrogens with one attached hydrogen (secondary N) is 1. The SMILES string of the molecule is CCc1ccc(-c2nn(-c3ccccc3C)cc2C(=O)N2CCC(C(=O)Nc3ccccn3)CC2)cc1. The van der Waals surface area contributed by atoms with Crippen LogP contribution in [0.15, 0.2) is 79.1 Å². The Morgan fingerprint density at radius 2 is 1.70 bits per heavy atom. The van der Waals surface area contributed by atoms with Crippen LogP contribution in [0.2, 0.25) is 0 Å². The summed E-state index contributed by atoms with van der Waals surface area (Å²) in [4.78, 5) is 32.5. The number of pyridine rings is 1. The molecule has 0 radical (unpaired) electrons. The summed E-state index contributed by atoms with van der Waals surface area (Å²) in [6.07, 6.45) is 5.66. The Morgan fingerprint density at radius 3 is 2.38 bits per heavy atom. The zero-order chi connectivity index (χ0) is 25.8. The van der Waals surface area contributed by atoms with E-state index in [0.29, 0.717) is 43.0 Å². The number of carbonyl (C=O) groups excluding carboxylic acids is 2. The molecule has 37 heavy (non-hydrogen) atoms. The molecule has 1 N–H and O–H groups in total. The lowest BCUT2D eigenvalue weighted by molar-refractivity contribution is -0.121. The van der Waals surface area contributed by atoms with Gasteiger partial charge in [0.1, 0.15) is 11.5 Å². The van der Waals surface area contributed by atoms with Crippen LogP contribution in [-0.2, 0) is 11.2 Å². The van der Waals surface area contributed by atoms with Gasteiger partial charge in [-0.2, -0.15) is 5.10 Å². The van der Waals surface area contributed by atoms with Gasteiger partial charge in [-0.25, -0.2) is 9.67 Å². The zero-order valence-corrected chi connectivity index (χ0v) is 21.2. The van der Waals surface area contributed by atoms with Crippen molar-refractivity contribution >= 4 is 17.6 Å². The summed E-state index contributed by atoms with van der Waals surface area (Å²) in [6, 6.07) is 21.7. The van der Waals surface area contributed by atoms with Crippen LogP contribution in [0.3, 0.4) is 0 Å². The highest BCUT2D eigenvalue weighted by Crippen LogP contribution is 2.28. The summed E-state index contributed by atoms with van der Waals surface area (Å²) < 4.78 is 1.80. The summed E-state index contributed by atoms with van der Waals surface area (Å²) in [5.74, 6) is 0.294. The number of benzene rings is 2. The van der Waals surface area contributed by atoms with E-state index in [0.717, 1.165) is 23.2 Å². The molecule has 3 heterocycles. The molecular formula is C30H31N5O2. The fourth-order valence-corrected chi connectivity index (χ4v) is 4.77. The van der Waals surface area contributed by atoms with E-state index in [1.54, 1.807) is 16.9 Å². The Morgan fingerprint density at radius 1 is 0.973 bits per heavy atom. The third-order valence-electron chi connectivity index (χ3n) is 7.01. The minimum Gasteiger partial charge on any atom is -0.338 e. The number of para-hydroxylation sites is 1. The molecule has 7 nitrogen and oxygen atoms in total. The molecule has 0 aliphatic carbocycles. The second-order valence-electron chi connectivity index (χ2n) is 9.44. The number of rotatable bonds is 6. The Bertz CT molecular complexity index is 1390. The third-order valence-corrected chi connectivity index (χ3v) is 7.01. The number of piperidine rings is 1. The van der Waals surface area contributed by atoms with Crippen molar-refractivity contribution < 1.29 is 9.59 Å². The molecule has 1 fully saturated rings. The van der Waals surface area contributed by atoms with Gasteiger partial charge in [0.25, 0.3) is 5.91 Å². The molecule has 0 unspecified atom stereocenters. The van der Waals surface area contributed by atoms with Crippen LogP contribution in [0.1, 0.15) is 41.3 Å². The van der Waals surface area contributed by atoms with Crippen molar-refractivity contribution in [1.29, 1.82) is 0 Å². The van der Waals surface area contributed by atoms with Gasteiger partial charge in [0, 0.05) is 37.0 Å². The lowest BCUT2D eigenvalue weighted by atomic mass is 9.95. The number of amides is 2. The van der Waals surface area contributed by atoms with E-state index < -0.39 is 0 Å². The van der Waals surface area contributed by atoms with Gasteiger partial charge >= 0.3 is 0 Å². The van der Waals surface area contributed by atoms with Crippen LogP contribution in [0, 0.1) is 12.8 Å². The lowest BCUT2D eigenvalue weighted by Crippen LogP contribution is -2.41. The Balaban J connectivity index is 1.37. The van der Waals surface area contributed by atoms with Crippen molar-refractivity contribution in [2.75, 3.05) is 18.4 Å². The molecule has 0 atom stereocenters. The van der Waals surface area contributed by atoms with Crippen LogP contribution in [-0.4, -0.2) is 44.6 Å². The topological polar surface area (TPSA) is 80.1 Å². The van der Waals surface area contributed by atoms with Gasteiger partial charge in [-0.05, 0) is 55.5 Å². The fraction of sp³-hybridized carbons (Fsp3) is 0.267. The van der Waals surface area contributed by atoms with Gasteiger partial charge in [0.05, 0.1) is 11.3 Å². The summed E-state index contributed by atoms with van der Waals surface area (Å²) in [5.41, 5.74) is 5.42. The first kappa shape index (κ1) is 24.4. The third kappa shape index (κ3) is 5.31. The molecule has 0 bridgehead atoms. The number of aryl methyl sites for hydroxylation is 2. The molecule has 2 aromatic carbocycles. The maximum atomic E-state index is 13.8. The number of hydrogen-bond donors (Lipinski definition) is 1. The van der Waals surface area contributed by atoms with Crippen molar-refractivity contribution in [2.45, 2.75) is 33.1 Å². The average Bonchev–Trinajstić information content (AvgIpc) is 3.39. The molecule has 2 amide bonds. The largest absolute Gasteiger partial charge is 0.338 e.